The van der Waals surface area contributed by atoms with Crippen molar-refractivity contribution >= 4 is 22.3 Å². The Morgan fingerprint density at radius 2 is 2.23 bits per heavy atom. The van der Waals surface area contributed by atoms with Crippen LogP contribution in [0.15, 0.2) is 24.7 Å². The van der Waals surface area contributed by atoms with Crippen LogP contribution in [-0.4, -0.2) is 69.2 Å². The van der Waals surface area contributed by atoms with E-state index in [2.05, 4.69) is 27.5 Å². The van der Waals surface area contributed by atoms with Crippen LogP contribution in [0.25, 0.3) is 16.8 Å². The Labute approximate surface area is 176 Å². The Balaban J connectivity index is 1.59. The molecule has 0 saturated carbocycles. The number of likely N-dealkylation sites (tertiary alicyclic amines) is 1. The van der Waals surface area contributed by atoms with Gasteiger partial charge in [-0.05, 0) is 32.3 Å². The molecule has 3 aromatic heterocycles. The average Bonchev–Trinajstić information content (AvgIpc) is 3.33. The maximum absolute atomic E-state index is 11.0. The molecule has 0 radical (unpaired) electrons. The summed E-state index contributed by atoms with van der Waals surface area (Å²) in [5.41, 5.74) is 2.46. The number of thiol groups is 1. The molecular weight excluding hydrogens is 406 g/mol. The van der Waals surface area contributed by atoms with Crippen LogP contribution in [-0.2, 0) is 10.7 Å². The van der Waals surface area contributed by atoms with Crippen LogP contribution in [0.4, 0.5) is 5.95 Å². The van der Waals surface area contributed by atoms with E-state index in [-0.39, 0.29) is 23.9 Å². The van der Waals surface area contributed by atoms with E-state index >= 15 is 0 Å². The Hall–Kier alpha value is -2.66. The number of aromatic amines is 1. The molecule has 162 valence electrons. The van der Waals surface area contributed by atoms with Gasteiger partial charge in [0.15, 0.2) is 22.1 Å². The molecule has 1 aliphatic heterocycles. The van der Waals surface area contributed by atoms with Crippen molar-refractivity contribution in [3.8, 4) is 16.9 Å². The minimum absolute atomic E-state index is 0.0215. The Morgan fingerprint density at radius 3 is 2.90 bits per heavy atom. The van der Waals surface area contributed by atoms with E-state index < -0.39 is 10.7 Å². The van der Waals surface area contributed by atoms with Crippen molar-refractivity contribution in [1.82, 2.24) is 29.7 Å². The van der Waals surface area contributed by atoms with Gasteiger partial charge in [0, 0.05) is 42.7 Å². The van der Waals surface area contributed by atoms with Crippen LogP contribution in [0.5, 0.6) is 5.75 Å². The van der Waals surface area contributed by atoms with Gasteiger partial charge in [0.1, 0.15) is 0 Å². The fourth-order valence-electron chi connectivity index (χ4n) is 3.87. The maximum atomic E-state index is 11.0. The number of nitrogens with one attached hydrogen (secondary N) is 2. The predicted octanol–water partition coefficient (Wildman–Crippen LogP) is 1.60. The van der Waals surface area contributed by atoms with E-state index in [0.717, 1.165) is 30.6 Å². The monoisotopic (exact) mass is 433 g/mol. The quantitative estimate of drug-likeness (QED) is 0.481. The number of fused-ring (bicyclic) bond motifs is 1. The molecule has 30 heavy (non-hydrogen) atoms. The lowest BCUT2D eigenvalue weighted by atomic mass is 9.94. The van der Waals surface area contributed by atoms with Gasteiger partial charge in [-0.2, -0.15) is 10.1 Å². The molecule has 0 spiro atoms. The third kappa shape index (κ3) is 4.41. The smallest absolute Gasteiger partial charge is 0.243 e. The molecule has 3 aromatic rings. The molecule has 0 bridgehead atoms. The first-order chi connectivity index (χ1) is 14.4. The molecule has 0 unspecified atom stereocenters. The zero-order valence-corrected chi connectivity index (χ0v) is 18.2. The zero-order chi connectivity index (χ0) is 21.3. The summed E-state index contributed by atoms with van der Waals surface area (Å²) in [4.78, 5) is 6.68. The van der Waals surface area contributed by atoms with Crippen molar-refractivity contribution in [3.05, 3.63) is 24.7 Å². The molecule has 1 aliphatic rings. The minimum atomic E-state index is -2.39. The van der Waals surface area contributed by atoms with Crippen molar-refractivity contribution in [2.45, 2.75) is 39.3 Å². The number of hydrogen-bond donors (Lipinski definition) is 3. The molecule has 1 saturated heterocycles. The minimum Gasteiger partial charge on any atom is -0.486 e. The standard InChI is InChI=1S/C19H27N7O3S/c1-12(2)29-17-15(14-8-20-21-9-14)4-7-26-18(17)23-19(24-26)22-16-5-6-25(10-13(16)3)11-30(27)28/h4,7-9,12-13,16,30H,5-6,10-11H2,1-3H3,(H,20,21)(H,22,24)/t13-,16+/m1/s1. The summed E-state index contributed by atoms with van der Waals surface area (Å²) < 4.78 is 29.8. The number of nitrogens with zero attached hydrogens (tertiary/aromatic N) is 5. The molecule has 10 nitrogen and oxygen atoms in total. The van der Waals surface area contributed by atoms with Gasteiger partial charge in [-0.1, -0.05) is 6.92 Å². The second-order valence-electron chi connectivity index (χ2n) is 7.98. The average molecular weight is 434 g/mol. The van der Waals surface area contributed by atoms with Gasteiger partial charge in [0.2, 0.25) is 5.95 Å². The number of hydrogen-bond acceptors (Lipinski definition) is 8. The first kappa shape index (κ1) is 20.6. The van der Waals surface area contributed by atoms with E-state index in [1.165, 1.54) is 0 Å². The van der Waals surface area contributed by atoms with E-state index in [1.807, 2.05) is 37.2 Å². The number of ether oxygens (including phenoxy) is 1. The van der Waals surface area contributed by atoms with E-state index in [9.17, 15) is 8.42 Å². The summed E-state index contributed by atoms with van der Waals surface area (Å²) in [5, 5.41) is 14.9. The van der Waals surface area contributed by atoms with Crippen LogP contribution in [0.3, 0.4) is 0 Å². The van der Waals surface area contributed by atoms with Crippen LogP contribution in [0.1, 0.15) is 27.2 Å². The summed E-state index contributed by atoms with van der Waals surface area (Å²) in [6.07, 6.45) is 6.24. The lowest BCUT2D eigenvalue weighted by Crippen LogP contribution is -2.45. The molecule has 0 aliphatic carbocycles. The van der Waals surface area contributed by atoms with E-state index in [1.54, 1.807) is 10.7 Å². The Morgan fingerprint density at radius 1 is 1.40 bits per heavy atom. The molecule has 0 aromatic carbocycles. The van der Waals surface area contributed by atoms with Crippen LogP contribution in [0, 0.1) is 5.92 Å². The molecule has 4 heterocycles. The zero-order valence-electron chi connectivity index (χ0n) is 17.3. The van der Waals surface area contributed by atoms with Gasteiger partial charge in [-0.3, -0.25) is 10.00 Å². The highest BCUT2D eigenvalue weighted by Gasteiger charge is 2.27. The van der Waals surface area contributed by atoms with Crippen molar-refractivity contribution in [2.24, 2.45) is 5.92 Å². The summed E-state index contributed by atoms with van der Waals surface area (Å²) in [6, 6.07) is 2.12. The first-order valence-corrected chi connectivity index (χ1v) is 11.4. The molecule has 1 fully saturated rings. The second kappa shape index (κ2) is 8.60. The maximum Gasteiger partial charge on any atom is 0.243 e. The van der Waals surface area contributed by atoms with Gasteiger partial charge in [0.25, 0.3) is 0 Å². The van der Waals surface area contributed by atoms with Gasteiger partial charge in [-0.25, -0.2) is 12.9 Å². The van der Waals surface area contributed by atoms with Crippen molar-refractivity contribution in [2.75, 3.05) is 24.3 Å². The molecule has 2 atom stereocenters. The van der Waals surface area contributed by atoms with Crippen LogP contribution < -0.4 is 10.1 Å². The lowest BCUT2D eigenvalue weighted by Gasteiger charge is -2.35. The number of aromatic nitrogens is 5. The molecule has 4 rings (SSSR count). The predicted molar refractivity (Wildman–Crippen MR) is 114 cm³/mol. The Bertz CT molecular complexity index is 1070. The van der Waals surface area contributed by atoms with Crippen molar-refractivity contribution in [3.63, 3.8) is 0 Å². The molecule has 11 heteroatoms. The fraction of sp³-hybridized carbons (Fsp3) is 0.526. The van der Waals surface area contributed by atoms with Crippen molar-refractivity contribution in [1.29, 1.82) is 0 Å². The number of pyridine rings is 1. The highest BCUT2D eigenvalue weighted by atomic mass is 32.2. The van der Waals surface area contributed by atoms with Gasteiger partial charge >= 0.3 is 0 Å². The number of rotatable bonds is 7. The second-order valence-corrected chi connectivity index (χ2v) is 8.93. The largest absolute Gasteiger partial charge is 0.486 e. The van der Waals surface area contributed by atoms with Gasteiger partial charge < -0.3 is 10.1 Å². The molecule has 0 amide bonds. The SMILES string of the molecule is CC(C)Oc1c(-c2cn[nH]c2)ccn2nc(N[C@H]3CCN(C[SH](=O)=O)C[C@H]3C)nc12. The third-order valence-corrected chi connectivity index (χ3v) is 5.87. The van der Waals surface area contributed by atoms with Gasteiger partial charge in [0.05, 0.1) is 18.2 Å². The van der Waals surface area contributed by atoms with E-state index in [4.69, 9.17) is 9.72 Å². The highest BCUT2D eigenvalue weighted by Crippen LogP contribution is 2.34. The van der Waals surface area contributed by atoms with E-state index in [0.29, 0.717) is 17.3 Å². The Kier molecular flexibility index (Phi) is 5.91. The van der Waals surface area contributed by atoms with Crippen LogP contribution >= 0.6 is 0 Å². The molecular formula is C19H27N7O3S. The normalized spacial score (nSPS) is 20.3. The highest BCUT2D eigenvalue weighted by molar-refractivity contribution is 7.72. The number of piperidine rings is 1. The lowest BCUT2D eigenvalue weighted by molar-refractivity contribution is 0.196. The van der Waals surface area contributed by atoms with Crippen LogP contribution in [0.2, 0.25) is 0 Å². The fourth-order valence-corrected chi connectivity index (χ4v) is 4.45. The summed E-state index contributed by atoms with van der Waals surface area (Å²) in [7, 11) is -2.39. The topological polar surface area (TPSA) is 118 Å². The number of anilines is 1. The summed E-state index contributed by atoms with van der Waals surface area (Å²) >= 11 is 0. The van der Waals surface area contributed by atoms with Crippen molar-refractivity contribution < 1.29 is 13.2 Å². The number of H-pyrrole nitrogens is 1. The van der Waals surface area contributed by atoms with Gasteiger partial charge in [-0.15, -0.1) is 5.10 Å². The summed E-state index contributed by atoms with van der Waals surface area (Å²) in [6.45, 7) is 7.51. The summed E-state index contributed by atoms with van der Waals surface area (Å²) in [5.74, 6) is 1.59. The first-order valence-electron chi connectivity index (χ1n) is 10.1. The molecule has 2 N–H and O–H groups in total. The third-order valence-electron chi connectivity index (χ3n) is 5.24.